The number of piperidine rings is 1. The summed E-state index contributed by atoms with van der Waals surface area (Å²) in [6, 6.07) is 5.62. The van der Waals surface area contributed by atoms with Crippen LogP contribution in [0.3, 0.4) is 0 Å². The van der Waals surface area contributed by atoms with E-state index in [2.05, 4.69) is 15.4 Å². The molecule has 146 valence electrons. The van der Waals surface area contributed by atoms with E-state index in [1.54, 1.807) is 6.07 Å². The fraction of sp³-hybridized carbons (Fsp3) is 0.684. The molecule has 1 aromatic carbocycles. The van der Waals surface area contributed by atoms with E-state index < -0.39 is 0 Å². The summed E-state index contributed by atoms with van der Waals surface area (Å²) in [4.78, 5) is 12.8. The van der Waals surface area contributed by atoms with Crippen molar-refractivity contribution in [3.63, 3.8) is 0 Å². The zero-order valence-corrected chi connectivity index (χ0v) is 15.4. The summed E-state index contributed by atoms with van der Waals surface area (Å²) in [5.41, 5.74) is 8.15. The summed E-state index contributed by atoms with van der Waals surface area (Å²) < 4.78 is 0. The maximum absolute atomic E-state index is 10.5. The SMILES string of the molecule is Nc1ccc(NCCCCCCN2CCC(O)CC2CO)c(CN=O)c1. The van der Waals surface area contributed by atoms with Gasteiger partial charge in [-0.15, -0.1) is 0 Å². The van der Waals surface area contributed by atoms with Gasteiger partial charge in [0.15, 0.2) is 0 Å². The van der Waals surface area contributed by atoms with Crippen molar-refractivity contribution >= 4 is 11.4 Å². The van der Waals surface area contributed by atoms with Crippen molar-refractivity contribution < 1.29 is 10.2 Å². The quantitative estimate of drug-likeness (QED) is 0.272. The van der Waals surface area contributed by atoms with Crippen molar-refractivity contribution in [2.24, 2.45) is 5.18 Å². The van der Waals surface area contributed by atoms with E-state index in [9.17, 15) is 15.1 Å². The number of benzene rings is 1. The smallest absolute Gasteiger partial charge is 0.108 e. The molecule has 0 radical (unpaired) electrons. The molecule has 7 nitrogen and oxygen atoms in total. The number of hydrogen-bond donors (Lipinski definition) is 4. The molecule has 0 saturated carbocycles. The Kier molecular flexibility index (Phi) is 8.80. The Morgan fingerprint density at radius 2 is 2.08 bits per heavy atom. The molecule has 1 saturated heterocycles. The molecule has 2 unspecified atom stereocenters. The second-order valence-corrected chi connectivity index (χ2v) is 7.10. The van der Waals surface area contributed by atoms with Gasteiger partial charge in [-0.05, 0) is 50.4 Å². The number of hydrogen-bond acceptors (Lipinski definition) is 7. The van der Waals surface area contributed by atoms with Crippen LogP contribution in [0.4, 0.5) is 11.4 Å². The van der Waals surface area contributed by atoms with Crippen LogP contribution in [0, 0.1) is 4.91 Å². The summed E-state index contributed by atoms with van der Waals surface area (Å²) in [5.74, 6) is 0. The van der Waals surface area contributed by atoms with Crippen molar-refractivity contribution in [2.75, 3.05) is 37.3 Å². The Morgan fingerprint density at radius 1 is 1.27 bits per heavy atom. The molecule has 5 N–H and O–H groups in total. The Balaban J connectivity index is 1.60. The lowest BCUT2D eigenvalue weighted by molar-refractivity contribution is 0.0163. The summed E-state index contributed by atoms with van der Waals surface area (Å²) in [7, 11) is 0. The molecule has 1 aliphatic rings. The number of aliphatic hydroxyl groups excluding tert-OH is 2. The maximum Gasteiger partial charge on any atom is 0.108 e. The summed E-state index contributed by atoms with van der Waals surface area (Å²) in [5, 5.41) is 25.4. The van der Waals surface area contributed by atoms with Gasteiger partial charge in [-0.3, -0.25) is 4.90 Å². The van der Waals surface area contributed by atoms with Crippen molar-refractivity contribution in [3.05, 3.63) is 28.7 Å². The number of anilines is 2. The highest BCUT2D eigenvalue weighted by Crippen LogP contribution is 2.20. The number of rotatable bonds is 11. The van der Waals surface area contributed by atoms with Crippen LogP contribution in [0.15, 0.2) is 23.4 Å². The lowest BCUT2D eigenvalue weighted by atomic mass is 9.99. The molecule has 1 aliphatic heterocycles. The van der Waals surface area contributed by atoms with Gasteiger partial charge in [0.2, 0.25) is 0 Å². The molecular formula is C19H32N4O3. The third-order valence-corrected chi connectivity index (χ3v) is 5.07. The normalized spacial score (nSPS) is 20.8. The maximum atomic E-state index is 10.5. The Morgan fingerprint density at radius 3 is 2.85 bits per heavy atom. The fourth-order valence-corrected chi connectivity index (χ4v) is 3.57. The number of nitroso groups, excluding NO2 is 1. The molecule has 0 aromatic heterocycles. The molecular weight excluding hydrogens is 332 g/mol. The summed E-state index contributed by atoms with van der Waals surface area (Å²) >= 11 is 0. The fourth-order valence-electron chi connectivity index (χ4n) is 3.57. The number of unbranched alkanes of at least 4 members (excludes halogenated alkanes) is 3. The number of likely N-dealkylation sites (tertiary alicyclic amines) is 1. The van der Waals surface area contributed by atoms with E-state index in [1.807, 2.05) is 12.1 Å². The zero-order chi connectivity index (χ0) is 18.8. The summed E-state index contributed by atoms with van der Waals surface area (Å²) in [6.45, 7) is 2.96. The minimum Gasteiger partial charge on any atom is -0.399 e. The molecule has 7 heteroatoms. The predicted molar refractivity (Wildman–Crippen MR) is 105 cm³/mol. The van der Waals surface area contributed by atoms with Crippen LogP contribution in [0.1, 0.15) is 44.1 Å². The van der Waals surface area contributed by atoms with Crippen LogP contribution in [-0.2, 0) is 6.54 Å². The van der Waals surface area contributed by atoms with Gasteiger partial charge in [0.1, 0.15) is 6.54 Å². The van der Waals surface area contributed by atoms with E-state index >= 15 is 0 Å². The van der Waals surface area contributed by atoms with Crippen molar-refractivity contribution in [2.45, 2.75) is 57.2 Å². The Labute approximate surface area is 155 Å². The van der Waals surface area contributed by atoms with Gasteiger partial charge < -0.3 is 21.3 Å². The van der Waals surface area contributed by atoms with Gasteiger partial charge in [-0.1, -0.05) is 18.0 Å². The molecule has 0 aliphatic carbocycles. The van der Waals surface area contributed by atoms with Crippen molar-refractivity contribution in [1.29, 1.82) is 0 Å². The first-order valence-electron chi connectivity index (χ1n) is 9.58. The van der Waals surface area contributed by atoms with Crippen LogP contribution >= 0.6 is 0 Å². The van der Waals surface area contributed by atoms with E-state index in [0.29, 0.717) is 12.1 Å². The van der Waals surface area contributed by atoms with Crippen molar-refractivity contribution in [1.82, 2.24) is 4.90 Å². The first-order chi connectivity index (χ1) is 12.6. The minimum absolute atomic E-state index is 0.107. The highest BCUT2D eigenvalue weighted by molar-refractivity contribution is 5.58. The molecule has 0 amide bonds. The van der Waals surface area contributed by atoms with E-state index in [-0.39, 0.29) is 25.3 Å². The lowest BCUT2D eigenvalue weighted by Crippen LogP contribution is -2.46. The minimum atomic E-state index is -0.262. The summed E-state index contributed by atoms with van der Waals surface area (Å²) in [6.07, 6.45) is 5.66. The molecule has 1 aromatic rings. The number of nitrogens with one attached hydrogen (secondary N) is 1. The zero-order valence-electron chi connectivity index (χ0n) is 15.4. The van der Waals surface area contributed by atoms with Gasteiger partial charge in [0, 0.05) is 36.1 Å². The molecule has 26 heavy (non-hydrogen) atoms. The van der Waals surface area contributed by atoms with E-state index in [1.165, 1.54) is 0 Å². The Bertz CT molecular complexity index is 556. The third kappa shape index (κ3) is 6.55. The number of nitrogen functional groups attached to an aromatic ring is 1. The van der Waals surface area contributed by atoms with Gasteiger partial charge in [-0.25, -0.2) is 0 Å². The third-order valence-electron chi connectivity index (χ3n) is 5.07. The first-order valence-corrected chi connectivity index (χ1v) is 9.58. The lowest BCUT2D eigenvalue weighted by Gasteiger charge is -2.36. The van der Waals surface area contributed by atoms with Crippen LogP contribution in [0.2, 0.25) is 0 Å². The molecule has 1 heterocycles. The molecule has 0 spiro atoms. The van der Waals surface area contributed by atoms with Crippen LogP contribution in [-0.4, -0.2) is 53.5 Å². The van der Waals surface area contributed by atoms with Crippen LogP contribution in [0.5, 0.6) is 0 Å². The molecule has 1 fully saturated rings. The van der Waals surface area contributed by atoms with E-state index in [4.69, 9.17) is 5.73 Å². The monoisotopic (exact) mass is 364 g/mol. The van der Waals surface area contributed by atoms with Crippen LogP contribution < -0.4 is 11.1 Å². The van der Waals surface area contributed by atoms with Gasteiger partial charge in [-0.2, -0.15) is 4.91 Å². The van der Waals surface area contributed by atoms with Gasteiger partial charge in [0.05, 0.1) is 12.7 Å². The highest BCUT2D eigenvalue weighted by Gasteiger charge is 2.26. The number of aliphatic hydroxyl groups is 2. The molecule has 2 atom stereocenters. The highest BCUT2D eigenvalue weighted by atomic mass is 16.3. The van der Waals surface area contributed by atoms with Gasteiger partial charge in [0.25, 0.3) is 0 Å². The number of nitrogens with two attached hydrogens (primary N) is 1. The van der Waals surface area contributed by atoms with Crippen molar-refractivity contribution in [3.8, 4) is 0 Å². The largest absolute Gasteiger partial charge is 0.399 e. The topological polar surface area (TPSA) is 111 Å². The second kappa shape index (κ2) is 11.1. The average Bonchev–Trinajstić information content (AvgIpc) is 2.63. The first kappa shape index (κ1) is 20.6. The van der Waals surface area contributed by atoms with Crippen LogP contribution in [0.25, 0.3) is 0 Å². The predicted octanol–water partition coefficient (Wildman–Crippen LogP) is 2.33. The number of nitrogens with zero attached hydrogens (tertiary/aromatic N) is 2. The molecule has 2 rings (SSSR count). The standard InChI is InChI=1S/C19H32N4O3/c20-16-5-6-19(15(11-16)13-22-26)21-8-3-1-2-4-9-23-10-7-18(25)12-17(23)14-24/h5-6,11,17-18,21,24-25H,1-4,7-10,12-14,20H2. The second-order valence-electron chi connectivity index (χ2n) is 7.10. The average molecular weight is 364 g/mol. The Hall–Kier alpha value is -1.70. The van der Waals surface area contributed by atoms with E-state index in [0.717, 1.165) is 63.0 Å². The molecule has 0 bridgehead atoms. The van der Waals surface area contributed by atoms with Gasteiger partial charge >= 0.3 is 0 Å².